The molecule has 0 spiro atoms. The molecule has 1 aliphatic heterocycles. The summed E-state index contributed by atoms with van der Waals surface area (Å²) in [7, 11) is 0. The molecule has 4 rings (SSSR count). The fourth-order valence-electron chi connectivity index (χ4n) is 3.59. The zero-order chi connectivity index (χ0) is 20.8. The molecule has 1 aliphatic rings. The van der Waals surface area contributed by atoms with E-state index in [0.29, 0.717) is 6.54 Å². The Morgan fingerprint density at radius 2 is 2.23 bits per heavy atom. The van der Waals surface area contributed by atoms with Gasteiger partial charge in [-0.05, 0) is 55.0 Å². The average molecular weight is 437 g/mol. The highest BCUT2D eigenvalue weighted by Crippen LogP contribution is 2.29. The molecule has 154 valence electrons. The number of hydrogen-bond donors (Lipinski definition) is 0. The minimum Gasteiger partial charge on any atom is -0.338 e. The van der Waals surface area contributed by atoms with E-state index in [4.69, 9.17) is 4.98 Å². The van der Waals surface area contributed by atoms with Gasteiger partial charge in [-0.1, -0.05) is 23.9 Å². The maximum atomic E-state index is 12.7. The molecule has 4 heterocycles. The van der Waals surface area contributed by atoms with Crippen LogP contribution in [0.5, 0.6) is 0 Å². The monoisotopic (exact) mass is 436 g/mol. The Morgan fingerprint density at radius 3 is 3.03 bits per heavy atom. The number of carbonyl (C=O) groups excluding carboxylic acids is 1. The van der Waals surface area contributed by atoms with Crippen molar-refractivity contribution in [2.24, 2.45) is 0 Å². The van der Waals surface area contributed by atoms with Crippen LogP contribution in [0.2, 0.25) is 0 Å². The summed E-state index contributed by atoms with van der Waals surface area (Å²) in [4.78, 5) is 29.4. The van der Waals surface area contributed by atoms with E-state index in [1.807, 2.05) is 52.9 Å². The van der Waals surface area contributed by atoms with Gasteiger partial charge in [0.25, 0.3) is 0 Å². The number of hydrogen-bond acceptors (Lipinski definition) is 6. The van der Waals surface area contributed by atoms with Crippen molar-refractivity contribution in [3.63, 3.8) is 0 Å². The summed E-state index contributed by atoms with van der Waals surface area (Å²) in [6.07, 6.45) is 9.33. The maximum Gasteiger partial charge on any atom is 0.246 e. The van der Waals surface area contributed by atoms with Crippen LogP contribution in [0.4, 0.5) is 0 Å². The number of pyridine rings is 1. The third-order valence-corrected chi connectivity index (χ3v) is 6.85. The lowest BCUT2D eigenvalue weighted by molar-refractivity contribution is -0.127. The molecular formula is C23H24N4OS2. The van der Waals surface area contributed by atoms with Gasteiger partial charge in [0.2, 0.25) is 5.91 Å². The predicted molar refractivity (Wildman–Crippen MR) is 122 cm³/mol. The van der Waals surface area contributed by atoms with E-state index in [2.05, 4.69) is 16.9 Å². The van der Waals surface area contributed by atoms with E-state index >= 15 is 0 Å². The summed E-state index contributed by atoms with van der Waals surface area (Å²) in [5.74, 6) is 1.06. The van der Waals surface area contributed by atoms with Gasteiger partial charge in [0, 0.05) is 48.1 Å². The first-order valence-corrected chi connectivity index (χ1v) is 11.9. The second-order valence-electron chi connectivity index (χ2n) is 7.30. The lowest BCUT2D eigenvalue weighted by Gasteiger charge is -2.32. The van der Waals surface area contributed by atoms with Crippen LogP contribution in [-0.2, 0) is 10.5 Å². The normalized spacial score (nSPS) is 16.8. The van der Waals surface area contributed by atoms with Crippen LogP contribution in [0.15, 0.2) is 59.3 Å². The highest BCUT2D eigenvalue weighted by Gasteiger charge is 2.26. The third kappa shape index (κ3) is 5.34. The van der Waals surface area contributed by atoms with Crippen molar-refractivity contribution in [1.29, 1.82) is 0 Å². The minimum absolute atomic E-state index is 0.0737. The smallest absolute Gasteiger partial charge is 0.246 e. The van der Waals surface area contributed by atoms with Crippen LogP contribution in [0.1, 0.15) is 40.6 Å². The van der Waals surface area contributed by atoms with Crippen molar-refractivity contribution in [3.8, 4) is 0 Å². The number of thiophene rings is 1. The standard InChI is InChI=1S/C23H24N4OS2/c1-17-14-25-23(30-16-19-7-2-3-11-24-19)26-22(17)18-6-4-12-27(15-18)21(28)10-9-20-8-5-13-29-20/h2-3,5,7-11,13-14,18H,4,6,12,15-16H2,1H3/b10-9+. The van der Waals surface area contributed by atoms with Crippen LogP contribution >= 0.6 is 23.1 Å². The van der Waals surface area contributed by atoms with Gasteiger partial charge in [-0.2, -0.15) is 0 Å². The van der Waals surface area contributed by atoms with Crippen molar-refractivity contribution in [2.45, 2.75) is 36.6 Å². The van der Waals surface area contributed by atoms with Gasteiger partial charge in [0.15, 0.2) is 5.16 Å². The quantitative estimate of drug-likeness (QED) is 0.311. The highest BCUT2D eigenvalue weighted by molar-refractivity contribution is 7.98. The van der Waals surface area contributed by atoms with Crippen molar-refractivity contribution < 1.29 is 4.79 Å². The molecule has 1 amide bonds. The van der Waals surface area contributed by atoms with E-state index in [1.165, 1.54) is 0 Å². The number of rotatable bonds is 6. The Morgan fingerprint density at radius 1 is 1.30 bits per heavy atom. The number of carbonyl (C=O) groups is 1. The van der Waals surface area contributed by atoms with Gasteiger partial charge in [-0.3, -0.25) is 9.78 Å². The number of piperidine rings is 1. The van der Waals surface area contributed by atoms with Gasteiger partial charge in [-0.25, -0.2) is 9.97 Å². The topological polar surface area (TPSA) is 59.0 Å². The summed E-state index contributed by atoms with van der Waals surface area (Å²) in [6, 6.07) is 9.93. The number of aromatic nitrogens is 3. The van der Waals surface area contributed by atoms with Crippen LogP contribution in [-0.4, -0.2) is 38.8 Å². The fraction of sp³-hybridized carbons (Fsp3) is 0.304. The van der Waals surface area contributed by atoms with Gasteiger partial charge >= 0.3 is 0 Å². The lowest BCUT2D eigenvalue weighted by atomic mass is 9.92. The van der Waals surface area contributed by atoms with Crippen molar-refractivity contribution in [3.05, 3.63) is 76.0 Å². The molecule has 0 aromatic carbocycles. The van der Waals surface area contributed by atoms with Crippen molar-refractivity contribution in [2.75, 3.05) is 13.1 Å². The molecule has 5 nitrogen and oxygen atoms in total. The molecule has 1 unspecified atom stereocenters. The van der Waals surface area contributed by atoms with Crippen LogP contribution < -0.4 is 0 Å². The first-order chi connectivity index (χ1) is 14.7. The number of thioether (sulfide) groups is 1. The van der Waals surface area contributed by atoms with Gasteiger partial charge in [0.05, 0.1) is 11.4 Å². The lowest BCUT2D eigenvalue weighted by Crippen LogP contribution is -2.38. The van der Waals surface area contributed by atoms with E-state index in [-0.39, 0.29) is 11.8 Å². The zero-order valence-electron chi connectivity index (χ0n) is 16.9. The van der Waals surface area contributed by atoms with Gasteiger partial charge < -0.3 is 4.90 Å². The third-order valence-electron chi connectivity index (χ3n) is 5.12. The average Bonchev–Trinajstić information content (AvgIpc) is 3.31. The molecule has 3 aromatic heterocycles. The number of nitrogens with zero attached hydrogens (tertiary/aromatic N) is 4. The largest absolute Gasteiger partial charge is 0.338 e. The van der Waals surface area contributed by atoms with Crippen molar-refractivity contribution in [1.82, 2.24) is 19.9 Å². The van der Waals surface area contributed by atoms with Gasteiger partial charge in [-0.15, -0.1) is 11.3 Å². The molecular weight excluding hydrogens is 412 g/mol. The maximum absolute atomic E-state index is 12.7. The molecule has 0 aliphatic carbocycles. The van der Waals surface area contributed by atoms with E-state index in [1.54, 1.807) is 35.4 Å². The summed E-state index contributed by atoms with van der Waals surface area (Å²) < 4.78 is 0. The summed E-state index contributed by atoms with van der Waals surface area (Å²) in [5.41, 5.74) is 3.17. The molecule has 1 saturated heterocycles. The Hall–Kier alpha value is -2.51. The second kappa shape index (κ2) is 10.00. The van der Waals surface area contributed by atoms with Crippen LogP contribution in [0, 0.1) is 6.92 Å². The van der Waals surface area contributed by atoms with E-state index in [0.717, 1.165) is 52.1 Å². The SMILES string of the molecule is Cc1cnc(SCc2ccccn2)nc1C1CCCN(C(=O)/C=C/c2cccs2)C1. The van der Waals surface area contributed by atoms with E-state index < -0.39 is 0 Å². The Bertz CT molecular complexity index is 1010. The van der Waals surface area contributed by atoms with E-state index in [9.17, 15) is 4.79 Å². The highest BCUT2D eigenvalue weighted by atomic mass is 32.2. The fourth-order valence-corrected chi connectivity index (χ4v) is 4.94. The summed E-state index contributed by atoms with van der Waals surface area (Å²) in [5, 5.41) is 2.78. The summed E-state index contributed by atoms with van der Waals surface area (Å²) in [6.45, 7) is 3.56. The Kier molecular flexibility index (Phi) is 6.92. The first-order valence-electron chi connectivity index (χ1n) is 10.1. The number of likely N-dealkylation sites (tertiary alicyclic amines) is 1. The Labute approximate surface area is 185 Å². The molecule has 0 radical (unpaired) electrons. The molecule has 0 N–H and O–H groups in total. The molecule has 1 atom stereocenters. The molecule has 1 fully saturated rings. The molecule has 0 bridgehead atoms. The number of aryl methyl sites for hydroxylation is 1. The van der Waals surface area contributed by atoms with Crippen molar-refractivity contribution >= 4 is 35.1 Å². The molecule has 7 heteroatoms. The summed E-state index contributed by atoms with van der Waals surface area (Å²) >= 11 is 3.23. The second-order valence-corrected chi connectivity index (χ2v) is 9.22. The predicted octanol–water partition coefficient (Wildman–Crippen LogP) is 4.95. The van der Waals surface area contributed by atoms with Crippen LogP contribution in [0.3, 0.4) is 0 Å². The van der Waals surface area contributed by atoms with Gasteiger partial charge in [0.1, 0.15) is 0 Å². The zero-order valence-corrected chi connectivity index (χ0v) is 18.5. The molecule has 30 heavy (non-hydrogen) atoms. The minimum atomic E-state index is 0.0737. The molecule has 0 saturated carbocycles. The Balaban J connectivity index is 1.42. The van der Waals surface area contributed by atoms with Crippen LogP contribution in [0.25, 0.3) is 6.08 Å². The molecule has 3 aromatic rings. The number of amides is 1. The first kappa shape index (κ1) is 20.8.